The Balaban J connectivity index is 1.34. The first-order chi connectivity index (χ1) is 25.3. The third-order valence-electron chi connectivity index (χ3n) is 10.7. The molecule has 1 aliphatic rings. The predicted molar refractivity (Wildman–Crippen MR) is 212 cm³/mol. The summed E-state index contributed by atoms with van der Waals surface area (Å²) in [6.45, 7) is 0. The summed E-state index contributed by atoms with van der Waals surface area (Å²) >= 11 is 0. The maximum Gasteiger partial charge on any atom is 0.235 e. The molecule has 51 heavy (non-hydrogen) atoms. The zero-order chi connectivity index (χ0) is 33.5. The number of fused-ring (bicyclic) bond motifs is 10. The second-order valence-corrected chi connectivity index (χ2v) is 17.0. The first kappa shape index (κ1) is 28.3. The van der Waals surface area contributed by atoms with Crippen molar-refractivity contribution in [1.82, 2.24) is 14.5 Å². The molecule has 3 aromatic heterocycles. The van der Waals surface area contributed by atoms with Crippen LogP contribution in [-0.4, -0.2) is 22.6 Å². The molecule has 0 spiro atoms. The lowest BCUT2D eigenvalue weighted by Gasteiger charge is -2.32. The van der Waals surface area contributed by atoms with E-state index < -0.39 is 8.07 Å². The van der Waals surface area contributed by atoms with Gasteiger partial charge in [-0.05, 0) is 33.8 Å². The molecule has 0 unspecified atom stereocenters. The van der Waals surface area contributed by atoms with Gasteiger partial charge in [0.1, 0.15) is 11.1 Å². The van der Waals surface area contributed by atoms with Gasteiger partial charge in [-0.3, -0.25) is 4.57 Å². The van der Waals surface area contributed by atoms with Gasteiger partial charge in [0.2, 0.25) is 5.95 Å². The zero-order valence-corrected chi connectivity index (χ0v) is 28.5. The summed E-state index contributed by atoms with van der Waals surface area (Å²) < 4.78 is 8.93. The normalized spacial score (nSPS) is 13.3. The molecule has 4 nitrogen and oxygen atoms in total. The highest BCUT2D eigenvalue weighted by molar-refractivity contribution is 7.22. The van der Waals surface area contributed by atoms with E-state index in [0.717, 1.165) is 60.7 Å². The number of aromatic nitrogens is 3. The van der Waals surface area contributed by atoms with Crippen LogP contribution in [0, 0.1) is 0 Å². The average Bonchev–Trinajstić information content (AvgIpc) is 3.85. The minimum absolute atomic E-state index is 0.632. The topological polar surface area (TPSA) is 43.9 Å². The van der Waals surface area contributed by atoms with E-state index in [-0.39, 0.29) is 0 Å². The molecule has 0 fully saturated rings. The number of rotatable bonds is 4. The van der Waals surface area contributed by atoms with E-state index >= 15 is 0 Å². The van der Waals surface area contributed by atoms with Gasteiger partial charge in [0.15, 0.2) is 13.7 Å². The molecule has 4 heterocycles. The van der Waals surface area contributed by atoms with Crippen LogP contribution in [0.4, 0.5) is 0 Å². The number of benzene rings is 7. The van der Waals surface area contributed by atoms with E-state index in [9.17, 15) is 0 Å². The number of hydrogen-bond acceptors (Lipinski definition) is 3. The fourth-order valence-electron chi connectivity index (χ4n) is 8.64. The van der Waals surface area contributed by atoms with E-state index in [4.69, 9.17) is 14.4 Å². The van der Waals surface area contributed by atoms with Gasteiger partial charge in [0.25, 0.3) is 0 Å². The second kappa shape index (κ2) is 10.7. The van der Waals surface area contributed by atoms with Crippen molar-refractivity contribution in [2.75, 3.05) is 0 Å². The second-order valence-electron chi connectivity index (χ2n) is 13.3. The molecular formula is C46H29N3OSi. The van der Waals surface area contributed by atoms with Crippen LogP contribution < -0.4 is 20.7 Å². The zero-order valence-electron chi connectivity index (χ0n) is 27.5. The van der Waals surface area contributed by atoms with Crippen LogP contribution in [0.2, 0.25) is 0 Å². The molecule has 7 aromatic carbocycles. The summed E-state index contributed by atoms with van der Waals surface area (Å²) in [5.41, 5.74) is 7.93. The first-order valence-electron chi connectivity index (χ1n) is 17.3. The Morgan fingerprint density at radius 3 is 1.82 bits per heavy atom. The molecule has 11 rings (SSSR count). The molecule has 0 atom stereocenters. The molecule has 0 N–H and O–H groups in total. The fraction of sp³-hybridized carbons (Fsp3) is 0. The molecule has 1 aliphatic heterocycles. The van der Waals surface area contributed by atoms with Crippen LogP contribution in [0.1, 0.15) is 0 Å². The molecule has 0 radical (unpaired) electrons. The summed E-state index contributed by atoms with van der Waals surface area (Å²) in [4.78, 5) is 11.4. The van der Waals surface area contributed by atoms with Crippen molar-refractivity contribution in [2.45, 2.75) is 0 Å². The van der Waals surface area contributed by atoms with Gasteiger partial charge in [0, 0.05) is 37.9 Å². The highest BCUT2D eigenvalue weighted by Gasteiger charge is 2.51. The monoisotopic (exact) mass is 667 g/mol. The molecule has 10 aromatic rings. The van der Waals surface area contributed by atoms with E-state index in [2.05, 4.69) is 168 Å². The Hall–Kier alpha value is -6.56. The molecule has 0 saturated heterocycles. The van der Waals surface area contributed by atoms with Gasteiger partial charge in [0.05, 0.1) is 16.9 Å². The molecule has 0 amide bonds. The standard InChI is InChI=1S/C46H29N3OSi/c1-4-16-30(17-5-1)41-45-42(37-24-12-15-27-40(37)51(45,31-18-6-2-7-19-31)32-20-8-3-9-21-32)48-46(47-41)49-38-25-13-10-22-33(38)35-28-29-36-34-23-11-14-26-39(34)50-44(36)43(35)49/h1-29H. The maximum absolute atomic E-state index is 6.70. The van der Waals surface area contributed by atoms with Crippen LogP contribution in [0.25, 0.3) is 72.2 Å². The van der Waals surface area contributed by atoms with Crippen molar-refractivity contribution in [3.63, 3.8) is 0 Å². The van der Waals surface area contributed by atoms with Gasteiger partial charge >= 0.3 is 0 Å². The summed E-state index contributed by atoms with van der Waals surface area (Å²) in [6, 6.07) is 62.9. The van der Waals surface area contributed by atoms with Crippen LogP contribution in [0.5, 0.6) is 0 Å². The van der Waals surface area contributed by atoms with Crippen LogP contribution >= 0.6 is 0 Å². The minimum atomic E-state index is -2.89. The van der Waals surface area contributed by atoms with Crippen molar-refractivity contribution < 1.29 is 4.42 Å². The largest absolute Gasteiger partial charge is 0.454 e. The third kappa shape index (κ3) is 3.84. The van der Waals surface area contributed by atoms with Crippen molar-refractivity contribution in [1.29, 1.82) is 0 Å². The summed E-state index contributed by atoms with van der Waals surface area (Å²) in [7, 11) is -2.89. The fourth-order valence-corrected chi connectivity index (χ4v) is 13.9. The Kier molecular flexibility index (Phi) is 5.95. The number of nitrogens with zero attached hydrogens (tertiary/aromatic N) is 3. The first-order valence-corrected chi connectivity index (χ1v) is 19.3. The molecular weight excluding hydrogens is 639 g/mol. The number of furan rings is 1. The van der Waals surface area contributed by atoms with Crippen LogP contribution in [0.3, 0.4) is 0 Å². The van der Waals surface area contributed by atoms with E-state index in [1.54, 1.807) is 0 Å². The number of hydrogen-bond donors (Lipinski definition) is 0. The highest BCUT2D eigenvalue weighted by atomic mass is 28.3. The van der Waals surface area contributed by atoms with Gasteiger partial charge in [-0.15, -0.1) is 0 Å². The minimum Gasteiger partial charge on any atom is -0.454 e. The van der Waals surface area contributed by atoms with Gasteiger partial charge in [-0.25, -0.2) is 9.97 Å². The molecule has 0 aliphatic carbocycles. The van der Waals surface area contributed by atoms with Crippen molar-refractivity contribution in [3.8, 4) is 28.5 Å². The van der Waals surface area contributed by atoms with Crippen molar-refractivity contribution in [3.05, 3.63) is 176 Å². The molecule has 238 valence electrons. The summed E-state index contributed by atoms with van der Waals surface area (Å²) in [6.07, 6.45) is 0. The van der Waals surface area contributed by atoms with E-state index in [1.807, 2.05) is 12.1 Å². The average molecular weight is 668 g/mol. The van der Waals surface area contributed by atoms with Gasteiger partial charge < -0.3 is 4.42 Å². The third-order valence-corrected chi connectivity index (χ3v) is 15.6. The Morgan fingerprint density at radius 2 is 1.06 bits per heavy atom. The van der Waals surface area contributed by atoms with Crippen LogP contribution in [0.15, 0.2) is 180 Å². The smallest absolute Gasteiger partial charge is 0.235 e. The van der Waals surface area contributed by atoms with E-state index in [0.29, 0.717) is 5.95 Å². The highest BCUT2D eigenvalue weighted by Crippen LogP contribution is 2.41. The van der Waals surface area contributed by atoms with Crippen molar-refractivity contribution >= 4 is 72.6 Å². The molecule has 0 bridgehead atoms. The lowest BCUT2D eigenvalue weighted by Crippen LogP contribution is -2.73. The molecule has 5 heteroatoms. The summed E-state index contributed by atoms with van der Waals surface area (Å²) in [5, 5.41) is 9.62. The quantitative estimate of drug-likeness (QED) is 0.177. The molecule has 0 saturated carbocycles. The van der Waals surface area contributed by atoms with Crippen LogP contribution in [-0.2, 0) is 0 Å². The SMILES string of the molecule is c1ccc(-c2nc(-n3c4ccccc4c4ccc5c6ccccc6oc5c43)nc3c2[Si](c2ccccc2)(c2ccccc2)c2ccccc2-3)cc1. The Bertz CT molecular complexity index is 2930. The lowest BCUT2D eigenvalue weighted by atomic mass is 10.1. The van der Waals surface area contributed by atoms with E-state index in [1.165, 1.54) is 26.3 Å². The Morgan fingerprint density at radius 1 is 0.471 bits per heavy atom. The maximum atomic E-state index is 6.70. The van der Waals surface area contributed by atoms with Crippen molar-refractivity contribution in [2.24, 2.45) is 0 Å². The lowest BCUT2D eigenvalue weighted by molar-refractivity contribution is 0.671. The Labute approximate surface area is 294 Å². The van der Waals surface area contributed by atoms with Gasteiger partial charge in [-0.1, -0.05) is 158 Å². The predicted octanol–water partition coefficient (Wildman–Crippen LogP) is 8.50. The number of para-hydroxylation sites is 2. The van der Waals surface area contributed by atoms with Gasteiger partial charge in [-0.2, -0.15) is 0 Å². The summed E-state index contributed by atoms with van der Waals surface area (Å²) in [5.74, 6) is 0.632.